The molecule has 1 aliphatic rings. The van der Waals surface area contributed by atoms with Gasteiger partial charge in [0.25, 0.3) is 0 Å². The number of carbonyl (C=O) groups excluding carboxylic acids is 2. The van der Waals surface area contributed by atoms with Crippen molar-refractivity contribution in [1.29, 1.82) is 0 Å². The van der Waals surface area contributed by atoms with Crippen LogP contribution in [0.5, 0.6) is 0 Å². The van der Waals surface area contributed by atoms with Crippen molar-refractivity contribution in [3.8, 4) is 0 Å². The van der Waals surface area contributed by atoms with Crippen LogP contribution in [0.2, 0.25) is 0 Å². The van der Waals surface area contributed by atoms with Gasteiger partial charge in [0.2, 0.25) is 0 Å². The molecule has 0 bridgehead atoms. The first-order chi connectivity index (χ1) is 10.6. The van der Waals surface area contributed by atoms with Gasteiger partial charge in [-0.3, -0.25) is 9.59 Å². The predicted octanol–water partition coefficient (Wildman–Crippen LogP) is 2.42. The van der Waals surface area contributed by atoms with E-state index in [4.69, 9.17) is 0 Å². The number of hydrogen-bond donors (Lipinski definition) is 2. The Morgan fingerprint density at radius 1 is 1.00 bits per heavy atom. The van der Waals surface area contributed by atoms with Crippen molar-refractivity contribution in [1.82, 2.24) is 10.6 Å². The number of benzene rings is 1. The molecule has 120 valence electrons. The zero-order valence-electron chi connectivity index (χ0n) is 12.3. The molecule has 2 N–H and O–H groups in total. The van der Waals surface area contributed by atoms with Gasteiger partial charge >= 0.3 is 11.8 Å². The Labute approximate surface area is 128 Å². The minimum Gasteiger partial charge on any atom is -0.345 e. The summed E-state index contributed by atoms with van der Waals surface area (Å²) in [6.45, 7) is -0.352. The van der Waals surface area contributed by atoms with Crippen molar-refractivity contribution in [2.45, 2.75) is 51.1 Å². The lowest BCUT2D eigenvalue weighted by Gasteiger charge is -2.15. The molecule has 1 aromatic carbocycles. The van der Waals surface area contributed by atoms with Crippen LogP contribution in [0.25, 0.3) is 0 Å². The van der Waals surface area contributed by atoms with Gasteiger partial charge in [-0.2, -0.15) is 0 Å². The van der Waals surface area contributed by atoms with E-state index in [9.17, 15) is 18.4 Å². The molecule has 0 aromatic heterocycles. The Kier molecular flexibility index (Phi) is 5.86. The summed E-state index contributed by atoms with van der Waals surface area (Å²) in [7, 11) is 0. The Balaban J connectivity index is 1.85. The summed E-state index contributed by atoms with van der Waals surface area (Å²) in [5.41, 5.74) is -0.252. The fourth-order valence-electron chi connectivity index (χ4n) is 2.62. The molecule has 1 saturated carbocycles. The molecule has 2 amide bonds. The maximum atomic E-state index is 13.4. The highest BCUT2D eigenvalue weighted by atomic mass is 19.1. The number of carbonyl (C=O) groups is 2. The standard InChI is InChI=1S/C16H20F2N2O2/c17-13-8-5-9-14(18)12(13)10-19-15(21)16(22)20-11-6-3-1-2-4-7-11/h5,8-9,11H,1-4,6-7,10H2,(H,19,21)(H,20,22). The van der Waals surface area contributed by atoms with Crippen LogP contribution in [0.15, 0.2) is 18.2 Å². The van der Waals surface area contributed by atoms with E-state index in [1.165, 1.54) is 6.07 Å². The van der Waals surface area contributed by atoms with Crippen molar-refractivity contribution in [3.05, 3.63) is 35.4 Å². The number of halogens is 2. The summed E-state index contributed by atoms with van der Waals surface area (Å²) in [5.74, 6) is -3.11. The zero-order chi connectivity index (χ0) is 15.9. The Morgan fingerprint density at radius 2 is 1.59 bits per heavy atom. The first-order valence-corrected chi connectivity index (χ1v) is 7.59. The number of amides is 2. The molecular weight excluding hydrogens is 290 g/mol. The van der Waals surface area contributed by atoms with Crippen LogP contribution >= 0.6 is 0 Å². The second kappa shape index (κ2) is 7.87. The van der Waals surface area contributed by atoms with Crippen molar-refractivity contribution in [3.63, 3.8) is 0 Å². The van der Waals surface area contributed by atoms with Crippen molar-refractivity contribution in [2.24, 2.45) is 0 Å². The fraction of sp³-hybridized carbons (Fsp3) is 0.500. The molecule has 0 radical (unpaired) electrons. The van der Waals surface area contributed by atoms with Crippen LogP contribution in [-0.4, -0.2) is 17.9 Å². The molecule has 0 heterocycles. The van der Waals surface area contributed by atoms with Crippen LogP contribution < -0.4 is 10.6 Å². The van der Waals surface area contributed by atoms with E-state index in [2.05, 4.69) is 10.6 Å². The summed E-state index contributed by atoms with van der Waals surface area (Å²) in [6.07, 6.45) is 6.08. The maximum absolute atomic E-state index is 13.4. The molecule has 0 atom stereocenters. The molecule has 22 heavy (non-hydrogen) atoms. The SMILES string of the molecule is O=C(NCc1c(F)cccc1F)C(=O)NC1CCCCCC1. The lowest BCUT2D eigenvalue weighted by Crippen LogP contribution is -2.44. The van der Waals surface area contributed by atoms with Gasteiger partial charge in [-0.25, -0.2) is 8.78 Å². The van der Waals surface area contributed by atoms with Crippen molar-refractivity contribution < 1.29 is 18.4 Å². The van der Waals surface area contributed by atoms with Gasteiger partial charge in [0.05, 0.1) is 0 Å². The minimum atomic E-state index is -0.869. The number of hydrogen-bond acceptors (Lipinski definition) is 2. The molecule has 0 spiro atoms. The van der Waals surface area contributed by atoms with E-state index in [0.717, 1.165) is 50.7 Å². The summed E-state index contributed by atoms with van der Waals surface area (Å²) < 4.78 is 26.9. The third kappa shape index (κ3) is 4.51. The molecule has 2 rings (SSSR count). The van der Waals surface area contributed by atoms with Crippen LogP contribution in [0.1, 0.15) is 44.1 Å². The summed E-state index contributed by atoms with van der Waals surface area (Å²) in [4.78, 5) is 23.5. The Morgan fingerprint density at radius 3 is 2.18 bits per heavy atom. The number of nitrogens with one attached hydrogen (secondary N) is 2. The zero-order valence-corrected chi connectivity index (χ0v) is 12.3. The van der Waals surface area contributed by atoms with Gasteiger partial charge in [-0.05, 0) is 25.0 Å². The summed E-state index contributed by atoms with van der Waals surface area (Å²) in [6, 6.07) is 3.46. The van der Waals surface area contributed by atoms with Crippen LogP contribution in [-0.2, 0) is 16.1 Å². The van der Waals surface area contributed by atoms with Crippen LogP contribution in [0.4, 0.5) is 8.78 Å². The predicted molar refractivity (Wildman–Crippen MR) is 77.8 cm³/mol. The van der Waals surface area contributed by atoms with Gasteiger partial charge in [0, 0.05) is 18.2 Å². The fourth-order valence-corrected chi connectivity index (χ4v) is 2.62. The van der Waals surface area contributed by atoms with Gasteiger partial charge in [-0.15, -0.1) is 0 Å². The van der Waals surface area contributed by atoms with Gasteiger partial charge in [0.15, 0.2) is 0 Å². The highest BCUT2D eigenvalue weighted by Crippen LogP contribution is 2.17. The molecule has 0 saturated heterocycles. The normalized spacial score (nSPS) is 15.9. The lowest BCUT2D eigenvalue weighted by atomic mass is 10.1. The third-order valence-corrected chi connectivity index (χ3v) is 3.88. The highest BCUT2D eigenvalue weighted by Gasteiger charge is 2.20. The van der Waals surface area contributed by atoms with E-state index in [1.54, 1.807) is 0 Å². The minimum absolute atomic E-state index is 0.00551. The average Bonchev–Trinajstić information content (AvgIpc) is 2.75. The first-order valence-electron chi connectivity index (χ1n) is 7.59. The van der Waals surface area contributed by atoms with E-state index >= 15 is 0 Å². The molecule has 0 aliphatic heterocycles. The van der Waals surface area contributed by atoms with Crippen LogP contribution in [0.3, 0.4) is 0 Å². The lowest BCUT2D eigenvalue weighted by molar-refractivity contribution is -0.139. The molecule has 1 aromatic rings. The summed E-state index contributed by atoms with van der Waals surface area (Å²) in [5, 5.41) is 4.94. The number of rotatable bonds is 3. The van der Waals surface area contributed by atoms with Crippen LogP contribution in [0, 0.1) is 11.6 Å². The van der Waals surface area contributed by atoms with Crippen molar-refractivity contribution >= 4 is 11.8 Å². The van der Waals surface area contributed by atoms with E-state index in [-0.39, 0.29) is 18.2 Å². The smallest absolute Gasteiger partial charge is 0.309 e. The van der Waals surface area contributed by atoms with E-state index < -0.39 is 23.4 Å². The third-order valence-electron chi connectivity index (χ3n) is 3.88. The van der Waals surface area contributed by atoms with Gasteiger partial charge in [0.1, 0.15) is 11.6 Å². The molecular formula is C16H20F2N2O2. The second-order valence-electron chi connectivity index (χ2n) is 5.54. The Hall–Kier alpha value is -1.98. The molecule has 6 heteroatoms. The first kappa shape index (κ1) is 16.4. The molecule has 0 unspecified atom stereocenters. The van der Waals surface area contributed by atoms with Gasteiger partial charge < -0.3 is 10.6 Å². The van der Waals surface area contributed by atoms with Crippen molar-refractivity contribution in [2.75, 3.05) is 0 Å². The van der Waals surface area contributed by atoms with E-state index in [0.29, 0.717) is 0 Å². The Bertz CT molecular complexity index is 521. The molecule has 1 fully saturated rings. The maximum Gasteiger partial charge on any atom is 0.309 e. The topological polar surface area (TPSA) is 58.2 Å². The van der Waals surface area contributed by atoms with E-state index in [1.807, 2.05) is 0 Å². The quantitative estimate of drug-likeness (QED) is 0.665. The highest BCUT2D eigenvalue weighted by molar-refractivity contribution is 6.35. The average molecular weight is 310 g/mol. The molecule has 1 aliphatic carbocycles. The molecule has 4 nitrogen and oxygen atoms in total. The monoisotopic (exact) mass is 310 g/mol. The second-order valence-corrected chi connectivity index (χ2v) is 5.54. The largest absolute Gasteiger partial charge is 0.345 e. The summed E-state index contributed by atoms with van der Waals surface area (Å²) >= 11 is 0. The van der Waals surface area contributed by atoms with Gasteiger partial charge in [-0.1, -0.05) is 31.7 Å².